The Hall–Kier alpha value is -2.09. The van der Waals surface area contributed by atoms with Gasteiger partial charge in [0.05, 0.1) is 11.6 Å². The van der Waals surface area contributed by atoms with Crippen LogP contribution in [0.3, 0.4) is 0 Å². The molecule has 1 aliphatic rings. The summed E-state index contributed by atoms with van der Waals surface area (Å²) in [5.41, 5.74) is 2.82. The molecule has 3 rings (SSSR count). The third-order valence-corrected chi connectivity index (χ3v) is 5.94. The van der Waals surface area contributed by atoms with E-state index in [1.807, 2.05) is 32.0 Å². The molecule has 8 heteroatoms. The standard InChI is InChI=1S/C18H19ClN2O4S/c1-12-7-13(2)9-14(8-12)21-11-15(25-18(21)22)10-20-26(23,24)17-6-4-3-5-16(17)19/h3-9,15,20H,10-11H2,1-2H3. The molecule has 0 spiro atoms. The van der Waals surface area contributed by atoms with Gasteiger partial charge in [0, 0.05) is 12.2 Å². The molecule has 2 aromatic rings. The number of aryl methyl sites for hydroxylation is 2. The van der Waals surface area contributed by atoms with E-state index >= 15 is 0 Å². The van der Waals surface area contributed by atoms with Crippen molar-refractivity contribution in [2.45, 2.75) is 24.8 Å². The fourth-order valence-electron chi connectivity index (χ4n) is 2.89. The lowest BCUT2D eigenvalue weighted by molar-refractivity contribution is 0.143. The van der Waals surface area contributed by atoms with E-state index < -0.39 is 22.2 Å². The normalized spacial score (nSPS) is 17.4. The van der Waals surface area contributed by atoms with E-state index in [2.05, 4.69) is 4.72 Å². The van der Waals surface area contributed by atoms with E-state index in [0.29, 0.717) is 0 Å². The van der Waals surface area contributed by atoms with Crippen molar-refractivity contribution in [2.24, 2.45) is 0 Å². The Kier molecular flexibility index (Phi) is 5.22. The van der Waals surface area contributed by atoms with Crippen molar-refractivity contribution in [3.8, 4) is 0 Å². The summed E-state index contributed by atoms with van der Waals surface area (Å²) in [5.74, 6) is 0. The number of ether oxygens (including phenoxy) is 1. The fraction of sp³-hybridized carbons (Fsp3) is 0.278. The number of carbonyl (C=O) groups is 1. The van der Waals surface area contributed by atoms with Crippen molar-refractivity contribution >= 4 is 33.4 Å². The molecule has 2 aromatic carbocycles. The van der Waals surface area contributed by atoms with Crippen molar-refractivity contribution in [3.05, 3.63) is 58.6 Å². The Bertz CT molecular complexity index is 926. The molecule has 0 bridgehead atoms. The van der Waals surface area contributed by atoms with Gasteiger partial charge in [-0.1, -0.05) is 29.8 Å². The summed E-state index contributed by atoms with van der Waals surface area (Å²) in [4.78, 5) is 13.7. The highest BCUT2D eigenvalue weighted by Gasteiger charge is 2.33. The van der Waals surface area contributed by atoms with Crippen LogP contribution in [0.15, 0.2) is 47.4 Å². The number of nitrogens with zero attached hydrogens (tertiary/aromatic N) is 1. The van der Waals surface area contributed by atoms with Gasteiger partial charge in [0.2, 0.25) is 10.0 Å². The molecule has 138 valence electrons. The van der Waals surface area contributed by atoms with Crippen LogP contribution < -0.4 is 9.62 Å². The van der Waals surface area contributed by atoms with Crippen LogP contribution in [0.5, 0.6) is 0 Å². The van der Waals surface area contributed by atoms with Crippen molar-refractivity contribution in [2.75, 3.05) is 18.0 Å². The largest absolute Gasteiger partial charge is 0.443 e. The molecule has 1 unspecified atom stereocenters. The number of hydrogen-bond acceptors (Lipinski definition) is 4. The van der Waals surface area contributed by atoms with Crippen LogP contribution in [0.1, 0.15) is 11.1 Å². The van der Waals surface area contributed by atoms with Crippen LogP contribution in [-0.4, -0.2) is 33.7 Å². The highest BCUT2D eigenvalue weighted by atomic mass is 35.5. The first-order chi connectivity index (χ1) is 12.3. The molecule has 1 N–H and O–H groups in total. The number of nitrogens with one attached hydrogen (secondary N) is 1. The van der Waals surface area contributed by atoms with E-state index in [9.17, 15) is 13.2 Å². The van der Waals surface area contributed by atoms with E-state index in [-0.39, 0.29) is 23.0 Å². The first kappa shape index (κ1) is 18.7. The molecular weight excluding hydrogens is 376 g/mol. The molecule has 0 saturated carbocycles. The van der Waals surface area contributed by atoms with Gasteiger partial charge in [-0.2, -0.15) is 0 Å². The Morgan fingerprint density at radius 1 is 1.19 bits per heavy atom. The van der Waals surface area contributed by atoms with Gasteiger partial charge in [-0.05, 0) is 49.2 Å². The monoisotopic (exact) mass is 394 g/mol. The zero-order chi connectivity index (χ0) is 18.9. The average Bonchev–Trinajstić information content (AvgIpc) is 2.93. The van der Waals surface area contributed by atoms with Gasteiger partial charge >= 0.3 is 6.09 Å². The maximum absolute atomic E-state index is 12.4. The van der Waals surface area contributed by atoms with Gasteiger partial charge in [-0.25, -0.2) is 17.9 Å². The quantitative estimate of drug-likeness (QED) is 0.844. The Labute approximate surface area is 157 Å². The summed E-state index contributed by atoms with van der Waals surface area (Å²) in [6, 6.07) is 12.0. The molecule has 26 heavy (non-hydrogen) atoms. The number of amides is 1. The maximum Gasteiger partial charge on any atom is 0.414 e. The van der Waals surface area contributed by atoms with Crippen LogP contribution in [0.25, 0.3) is 0 Å². The smallest absolute Gasteiger partial charge is 0.414 e. The molecule has 0 aromatic heterocycles. The first-order valence-electron chi connectivity index (χ1n) is 8.07. The second kappa shape index (κ2) is 7.26. The van der Waals surface area contributed by atoms with Crippen LogP contribution in [0.2, 0.25) is 5.02 Å². The highest BCUT2D eigenvalue weighted by Crippen LogP contribution is 2.25. The first-order valence-corrected chi connectivity index (χ1v) is 9.93. The molecule has 0 radical (unpaired) electrons. The van der Waals surface area contributed by atoms with Crippen molar-refractivity contribution in [1.82, 2.24) is 4.72 Å². The topological polar surface area (TPSA) is 75.7 Å². The molecule has 1 fully saturated rings. The number of anilines is 1. The van der Waals surface area contributed by atoms with E-state index in [1.54, 1.807) is 12.1 Å². The summed E-state index contributed by atoms with van der Waals surface area (Å²) < 4.78 is 32.5. The minimum absolute atomic E-state index is 0.00263. The lowest BCUT2D eigenvalue weighted by Gasteiger charge is -2.15. The number of cyclic esters (lactones) is 1. The van der Waals surface area contributed by atoms with Crippen molar-refractivity contribution in [3.63, 3.8) is 0 Å². The predicted molar refractivity (Wildman–Crippen MR) is 100 cm³/mol. The number of hydrogen-bond donors (Lipinski definition) is 1. The lowest BCUT2D eigenvalue weighted by atomic mass is 10.1. The summed E-state index contributed by atoms with van der Waals surface area (Å²) in [7, 11) is -3.78. The van der Waals surface area contributed by atoms with Gasteiger partial charge in [0.25, 0.3) is 0 Å². The SMILES string of the molecule is Cc1cc(C)cc(N2CC(CNS(=O)(=O)c3ccccc3Cl)OC2=O)c1. The van der Waals surface area contributed by atoms with Crippen LogP contribution in [-0.2, 0) is 14.8 Å². The third kappa shape index (κ3) is 4.00. The summed E-state index contributed by atoms with van der Waals surface area (Å²) >= 11 is 5.95. The zero-order valence-corrected chi connectivity index (χ0v) is 16.0. The Balaban J connectivity index is 1.69. The minimum atomic E-state index is -3.78. The molecular formula is C18H19ClN2O4S. The second-order valence-electron chi connectivity index (χ2n) is 6.24. The van der Waals surface area contributed by atoms with Gasteiger partial charge in [-0.3, -0.25) is 4.90 Å². The molecule has 1 atom stereocenters. The summed E-state index contributed by atoms with van der Waals surface area (Å²) in [5, 5.41) is 0.139. The van der Waals surface area contributed by atoms with Gasteiger partial charge < -0.3 is 4.74 Å². The zero-order valence-electron chi connectivity index (χ0n) is 14.4. The van der Waals surface area contributed by atoms with Crippen LogP contribution >= 0.6 is 11.6 Å². The predicted octanol–water partition coefficient (Wildman–Crippen LogP) is 3.26. The molecule has 0 aliphatic carbocycles. The molecule has 6 nitrogen and oxygen atoms in total. The molecule has 1 heterocycles. The summed E-state index contributed by atoms with van der Waals surface area (Å²) in [6.07, 6.45) is -1.07. The number of benzene rings is 2. The van der Waals surface area contributed by atoms with E-state index in [4.69, 9.17) is 16.3 Å². The molecule has 1 saturated heterocycles. The highest BCUT2D eigenvalue weighted by molar-refractivity contribution is 7.89. The van der Waals surface area contributed by atoms with Gasteiger partial charge in [0.1, 0.15) is 11.0 Å². The number of carbonyl (C=O) groups excluding carboxylic acids is 1. The number of rotatable bonds is 5. The molecule has 1 aliphatic heterocycles. The Morgan fingerprint density at radius 2 is 1.85 bits per heavy atom. The maximum atomic E-state index is 12.4. The third-order valence-electron chi connectivity index (χ3n) is 4.02. The van der Waals surface area contributed by atoms with Gasteiger partial charge in [-0.15, -0.1) is 0 Å². The average molecular weight is 395 g/mol. The lowest BCUT2D eigenvalue weighted by Crippen LogP contribution is -2.34. The van der Waals surface area contributed by atoms with E-state index in [1.165, 1.54) is 17.0 Å². The van der Waals surface area contributed by atoms with E-state index in [0.717, 1.165) is 16.8 Å². The van der Waals surface area contributed by atoms with Crippen molar-refractivity contribution < 1.29 is 17.9 Å². The minimum Gasteiger partial charge on any atom is -0.443 e. The second-order valence-corrected chi connectivity index (χ2v) is 8.39. The van der Waals surface area contributed by atoms with Crippen LogP contribution in [0, 0.1) is 13.8 Å². The fourth-order valence-corrected chi connectivity index (χ4v) is 4.47. The molecule has 1 amide bonds. The summed E-state index contributed by atoms with van der Waals surface area (Å²) in [6.45, 7) is 4.15. The number of halogens is 1. The number of sulfonamides is 1. The van der Waals surface area contributed by atoms with Crippen molar-refractivity contribution in [1.29, 1.82) is 0 Å². The Morgan fingerprint density at radius 3 is 2.50 bits per heavy atom. The van der Waals surface area contributed by atoms with Gasteiger partial charge in [0.15, 0.2) is 0 Å². The van der Waals surface area contributed by atoms with Crippen LogP contribution in [0.4, 0.5) is 10.5 Å².